The predicted octanol–water partition coefficient (Wildman–Crippen LogP) is 3.17. The molecule has 10 heteroatoms. The van der Waals surface area contributed by atoms with E-state index in [1.165, 1.54) is 0 Å². The maximum Gasteiger partial charge on any atom is 0.311 e. The van der Waals surface area contributed by atoms with Gasteiger partial charge in [-0.15, -0.1) is 0 Å². The maximum atomic E-state index is 12.9. The average Bonchev–Trinajstić information content (AvgIpc) is 2.67. The van der Waals surface area contributed by atoms with Crippen LogP contribution in [0.15, 0.2) is 0 Å². The van der Waals surface area contributed by atoms with Gasteiger partial charge in [0.15, 0.2) is 24.6 Å². The van der Waals surface area contributed by atoms with Crippen LogP contribution in [0, 0.1) is 21.7 Å². The van der Waals surface area contributed by atoms with Crippen LogP contribution in [-0.2, 0) is 42.9 Å². The van der Waals surface area contributed by atoms with Gasteiger partial charge in [0.2, 0.25) is 0 Å². The SMILES string of the molecule is CC(C)(C)C(=O)OC[C@@H]1O[C@@H](O)[C@H](OC(=O)C(C)(C)C)[C@H](OC(=O)C(C)(C)C)[C@@H]1OC(=O)C(C)(C)C. The lowest BCUT2D eigenvalue weighted by atomic mass is 9.93. The summed E-state index contributed by atoms with van der Waals surface area (Å²) >= 11 is 0. The van der Waals surface area contributed by atoms with E-state index in [9.17, 15) is 24.3 Å². The van der Waals surface area contributed by atoms with Crippen molar-refractivity contribution in [3.63, 3.8) is 0 Å². The Bertz CT molecular complexity index is 820. The first-order valence-corrected chi connectivity index (χ1v) is 12.1. The molecule has 0 aliphatic carbocycles. The smallest absolute Gasteiger partial charge is 0.311 e. The van der Waals surface area contributed by atoms with Crippen molar-refractivity contribution in [2.75, 3.05) is 6.61 Å². The van der Waals surface area contributed by atoms with Crippen LogP contribution in [0.4, 0.5) is 0 Å². The Morgan fingerprint density at radius 1 is 0.583 bits per heavy atom. The van der Waals surface area contributed by atoms with Gasteiger partial charge in [-0.25, -0.2) is 0 Å². The third-order valence-electron chi connectivity index (χ3n) is 5.17. The predicted molar refractivity (Wildman–Crippen MR) is 129 cm³/mol. The van der Waals surface area contributed by atoms with Crippen LogP contribution < -0.4 is 0 Å². The molecule has 0 amide bonds. The van der Waals surface area contributed by atoms with E-state index in [1.54, 1.807) is 83.1 Å². The van der Waals surface area contributed by atoms with E-state index >= 15 is 0 Å². The zero-order valence-corrected chi connectivity index (χ0v) is 23.7. The third kappa shape index (κ3) is 8.73. The minimum atomic E-state index is -1.75. The summed E-state index contributed by atoms with van der Waals surface area (Å²) in [7, 11) is 0. The number of esters is 4. The van der Waals surface area contributed by atoms with Crippen LogP contribution >= 0.6 is 0 Å². The first-order valence-electron chi connectivity index (χ1n) is 12.1. The monoisotopic (exact) mass is 516 g/mol. The number of carbonyl (C=O) groups is 4. The van der Waals surface area contributed by atoms with Crippen molar-refractivity contribution >= 4 is 23.9 Å². The molecule has 1 heterocycles. The van der Waals surface area contributed by atoms with Gasteiger partial charge in [-0.1, -0.05) is 0 Å². The average molecular weight is 517 g/mol. The summed E-state index contributed by atoms with van der Waals surface area (Å²) in [6.07, 6.45) is -7.25. The summed E-state index contributed by atoms with van der Waals surface area (Å²) in [6, 6.07) is 0. The second-order valence-electron chi connectivity index (χ2n) is 13.3. The lowest BCUT2D eigenvalue weighted by molar-refractivity contribution is -0.300. The largest absolute Gasteiger partial charge is 0.462 e. The molecule has 36 heavy (non-hydrogen) atoms. The third-order valence-corrected chi connectivity index (χ3v) is 5.17. The highest BCUT2D eigenvalue weighted by molar-refractivity contribution is 5.78. The standard InChI is InChI=1S/C26H44O10/c1-23(2,3)19(28)32-13-14-15(34-20(29)24(4,5)6)16(35-21(30)25(7,8)9)17(18(27)33-14)36-22(31)26(10,11)12/h14-18,27H,13H2,1-12H3/t14-,15+,16+,17+,18+/m0/s1. The van der Waals surface area contributed by atoms with E-state index in [-0.39, 0.29) is 0 Å². The van der Waals surface area contributed by atoms with E-state index in [4.69, 9.17) is 23.7 Å². The lowest BCUT2D eigenvalue weighted by Crippen LogP contribution is -2.63. The second-order valence-corrected chi connectivity index (χ2v) is 13.3. The van der Waals surface area contributed by atoms with E-state index in [0.29, 0.717) is 0 Å². The minimum absolute atomic E-state index is 0.404. The molecule has 0 spiro atoms. The Balaban J connectivity index is 3.50. The van der Waals surface area contributed by atoms with Crippen LogP contribution in [-0.4, -0.2) is 66.3 Å². The summed E-state index contributed by atoms with van der Waals surface area (Å²) in [4.78, 5) is 50.8. The first-order chi connectivity index (χ1) is 16.0. The quantitative estimate of drug-likeness (QED) is 0.429. The Labute approximate surface area is 214 Å². The van der Waals surface area contributed by atoms with Gasteiger partial charge in [0, 0.05) is 0 Å². The molecule has 1 aliphatic heterocycles. The number of hydrogen-bond donors (Lipinski definition) is 1. The van der Waals surface area contributed by atoms with Crippen molar-refractivity contribution in [3.8, 4) is 0 Å². The Hall–Kier alpha value is -2.20. The highest BCUT2D eigenvalue weighted by Crippen LogP contribution is 2.33. The summed E-state index contributed by atoms with van der Waals surface area (Å²) in [5.41, 5.74) is -3.68. The fourth-order valence-corrected chi connectivity index (χ4v) is 2.71. The van der Waals surface area contributed by atoms with Crippen molar-refractivity contribution in [1.29, 1.82) is 0 Å². The van der Waals surface area contributed by atoms with Crippen LogP contribution in [0.1, 0.15) is 83.1 Å². The number of aliphatic hydroxyl groups is 1. The number of hydrogen-bond acceptors (Lipinski definition) is 10. The molecule has 208 valence electrons. The van der Waals surface area contributed by atoms with Crippen LogP contribution in [0.2, 0.25) is 0 Å². The van der Waals surface area contributed by atoms with Crippen molar-refractivity contribution in [3.05, 3.63) is 0 Å². The molecule has 10 nitrogen and oxygen atoms in total. The minimum Gasteiger partial charge on any atom is -0.462 e. The van der Waals surface area contributed by atoms with Crippen LogP contribution in [0.25, 0.3) is 0 Å². The topological polar surface area (TPSA) is 135 Å². The fraction of sp³-hybridized carbons (Fsp3) is 0.846. The van der Waals surface area contributed by atoms with Gasteiger partial charge in [-0.05, 0) is 83.1 Å². The van der Waals surface area contributed by atoms with Crippen molar-refractivity contribution in [2.45, 2.75) is 114 Å². The van der Waals surface area contributed by atoms with Gasteiger partial charge < -0.3 is 28.8 Å². The molecule has 0 unspecified atom stereocenters. The van der Waals surface area contributed by atoms with E-state index < -0.39 is 82.8 Å². The van der Waals surface area contributed by atoms with Crippen molar-refractivity contribution < 1.29 is 48.0 Å². The molecule has 1 N–H and O–H groups in total. The highest BCUT2D eigenvalue weighted by atomic mass is 16.7. The first kappa shape index (κ1) is 31.8. The van der Waals surface area contributed by atoms with Gasteiger partial charge in [-0.2, -0.15) is 0 Å². The fourth-order valence-electron chi connectivity index (χ4n) is 2.71. The molecule has 0 aromatic rings. The van der Waals surface area contributed by atoms with Gasteiger partial charge >= 0.3 is 23.9 Å². The number of aliphatic hydroxyl groups excluding tert-OH is 1. The van der Waals surface area contributed by atoms with E-state index in [0.717, 1.165) is 0 Å². The molecule has 5 atom stereocenters. The van der Waals surface area contributed by atoms with Crippen LogP contribution in [0.5, 0.6) is 0 Å². The van der Waals surface area contributed by atoms with E-state index in [1.807, 2.05) is 0 Å². The second kappa shape index (κ2) is 11.0. The zero-order chi connectivity index (χ0) is 28.4. The molecule has 1 fully saturated rings. The number of carbonyl (C=O) groups excluding carboxylic acids is 4. The Morgan fingerprint density at radius 2 is 0.917 bits per heavy atom. The van der Waals surface area contributed by atoms with Crippen LogP contribution in [0.3, 0.4) is 0 Å². The van der Waals surface area contributed by atoms with Gasteiger partial charge in [-0.3, -0.25) is 19.2 Å². The highest BCUT2D eigenvalue weighted by Gasteiger charge is 2.54. The summed E-state index contributed by atoms with van der Waals surface area (Å²) < 4.78 is 28.0. The molecular weight excluding hydrogens is 472 g/mol. The number of rotatable bonds is 5. The van der Waals surface area contributed by atoms with Crippen molar-refractivity contribution in [2.24, 2.45) is 21.7 Å². The molecule has 0 bridgehead atoms. The summed E-state index contributed by atoms with van der Waals surface area (Å²) in [6.45, 7) is 19.2. The van der Waals surface area contributed by atoms with Gasteiger partial charge in [0.25, 0.3) is 0 Å². The molecule has 0 aromatic heterocycles. The maximum absolute atomic E-state index is 12.9. The van der Waals surface area contributed by atoms with Gasteiger partial charge in [0.1, 0.15) is 12.7 Å². The lowest BCUT2D eigenvalue weighted by Gasteiger charge is -2.44. The molecule has 1 saturated heterocycles. The van der Waals surface area contributed by atoms with Crippen molar-refractivity contribution in [1.82, 2.24) is 0 Å². The molecule has 1 rings (SSSR count). The molecule has 1 aliphatic rings. The number of ether oxygens (including phenoxy) is 5. The zero-order valence-electron chi connectivity index (χ0n) is 23.7. The van der Waals surface area contributed by atoms with E-state index in [2.05, 4.69) is 0 Å². The molecule has 0 radical (unpaired) electrons. The molecule has 0 saturated carbocycles. The Morgan fingerprint density at radius 3 is 1.28 bits per heavy atom. The summed E-state index contributed by atoms with van der Waals surface area (Å²) in [5, 5.41) is 10.8. The summed E-state index contributed by atoms with van der Waals surface area (Å²) in [5.74, 6) is -2.57. The Kier molecular flexibility index (Phi) is 9.77. The molecular formula is C26H44O10. The van der Waals surface area contributed by atoms with Gasteiger partial charge in [0.05, 0.1) is 21.7 Å². The molecule has 0 aromatic carbocycles. The normalized spacial score (nSPS) is 25.5.